The zero-order valence-electron chi connectivity index (χ0n) is 6.14. The second-order valence-electron chi connectivity index (χ2n) is 2.88. The Labute approximate surface area is 62.8 Å². The lowest BCUT2D eigenvalue weighted by atomic mass is 10.5. The number of carbonyl (C=O) groups is 1. The first kappa shape index (κ1) is 7.72. The van der Waals surface area contributed by atoms with Crippen LogP contribution in [0.15, 0.2) is 0 Å². The van der Waals surface area contributed by atoms with Crippen molar-refractivity contribution in [1.82, 2.24) is 4.72 Å². The summed E-state index contributed by atoms with van der Waals surface area (Å²) in [6.07, 6.45) is 1.92. The lowest BCUT2D eigenvalue weighted by Gasteiger charge is -2.06. The molecule has 10 heavy (non-hydrogen) atoms. The fourth-order valence-electron chi connectivity index (χ4n) is 0.615. The number of rotatable bonds is 2. The molecule has 0 aromatic carbocycles. The molecule has 1 fully saturated rings. The van der Waals surface area contributed by atoms with E-state index >= 15 is 0 Å². The molecule has 4 heteroatoms. The Balaban J connectivity index is 2.43. The predicted octanol–water partition coefficient (Wildman–Crippen LogP) is 0.339. The third-order valence-corrected chi connectivity index (χ3v) is 3.41. The van der Waals surface area contributed by atoms with Gasteiger partial charge in [0, 0.05) is 6.92 Å². The minimum Gasteiger partial charge on any atom is -0.275 e. The van der Waals surface area contributed by atoms with Crippen LogP contribution in [-0.2, 0) is 15.8 Å². The van der Waals surface area contributed by atoms with Gasteiger partial charge in [0.2, 0.25) is 5.91 Å². The van der Waals surface area contributed by atoms with Crippen molar-refractivity contribution >= 4 is 16.9 Å². The molecule has 58 valence electrons. The lowest BCUT2D eigenvalue weighted by molar-refractivity contribution is -0.117. The molecule has 1 aliphatic carbocycles. The molecule has 1 saturated carbocycles. The summed E-state index contributed by atoms with van der Waals surface area (Å²) in [6, 6.07) is 0. The van der Waals surface area contributed by atoms with E-state index in [1.54, 1.807) is 0 Å². The summed E-state index contributed by atoms with van der Waals surface area (Å²) in [5, 5.41) is 0. The summed E-state index contributed by atoms with van der Waals surface area (Å²) in [5.41, 5.74) is 0. The number of hydrogen-bond donors (Lipinski definition) is 1. The second kappa shape index (κ2) is 2.34. The van der Waals surface area contributed by atoms with Gasteiger partial charge in [-0.2, -0.15) is 0 Å². The van der Waals surface area contributed by atoms with E-state index in [-0.39, 0.29) is 10.7 Å². The van der Waals surface area contributed by atoms with Gasteiger partial charge in [-0.15, -0.1) is 0 Å². The highest BCUT2D eigenvalue weighted by Gasteiger charge is 2.44. The van der Waals surface area contributed by atoms with Gasteiger partial charge in [0.25, 0.3) is 0 Å². The molecular weight excluding hydrogens is 150 g/mol. The fourth-order valence-corrected chi connectivity index (χ4v) is 1.60. The smallest absolute Gasteiger partial charge is 0.228 e. The Morgan fingerprint density at radius 3 is 2.40 bits per heavy atom. The summed E-state index contributed by atoms with van der Waals surface area (Å²) in [6.45, 7) is 3.29. The third-order valence-electron chi connectivity index (χ3n) is 1.64. The minimum atomic E-state index is -1.16. The van der Waals surface area contributed by atoms with Gasteiger partial charge >= 0.3 is 0 Å². The highest BCUT2D eigenvalue weighted by molar-refractivity contribution is 7.85. The molecule has 0 saturated heterocycles. The van der Waals surface area contributed by atoms with Gasteiger partial charge < -0.3 is 0 Å². The van der Waals surface area contributed by atoms with E-state index in [0.717, 1.165) is 12.8 Å². The third kappa shape index (κ3) is 1.56. The highest BCUT2D eigenvalue weighted by Crippen LogP contribution is 2.39. The van der Waals surface area contributed by atoms with E-state index in [1.807, 2.05) is 6.92 Å². The van der Waals surface area contributed by atoms with Crippen molar-refractivity contribution in [3.63, 3.8) is 0 Å². The first-order valence-electron chi connectivity index (χ1n) is 3.24. The number of hydrogen-bond acceptors (Lipinski definition) is 2. The number of nitrogens with one attached hydrogen (secondary N) is 1. The SMILES string of the molecule is CC(=O)NS(=O)C1(C)CC1. The van der Waals surface area contributed by atoms with Crippen LogP contribution in [0.25, 0.3) is 0 Å². The number of carbonyl (C=O) groups excluding carboxylic acids is 1. The molecule has 1 N–H and O–H groups in total. The van der Waals surface area contributed by atoms with E-state index in [0.29, 0.717) is 0 Å². The number of amides is 1. The van der Waals surface area contributed by atoms with E-state index < -0.39 is 11.0 Å². The molecule has 0 heterocycles. The molecule has 1 rings (SSSR count). The monoisotopic (exact) mass is 161 g/mol. The van der Waals surface area contributed by atoms with Crippen molar-refractivity contribution in [3.8, 4) is 0 Å². The normalized spacial score (nSPS) is 23.4. The van der Waals surface area contributed by atoms with E-state index in [4.69, 9.17) is 0 Å². The quantitative estimate of drug-likeness (QED) is 0.634. The van der Waals surface area contributed by atoms with E-state index in [9.17, 15) is 9.00 Å². The van der Waals surface area contributed by atoms with Crippen molar-refractivity contribution in [3.05, 3.63) is 0 Å². The van der Waals surface area contributed by atoms with Gasteiger partial charge in [-0.1, -0.05) is 0 Å². The Hall–Kier alpha value is -0.380. The molecule has 1 unspecified atom stereocenters. The van der Waals surface area contributed by atoms with Gasteiger partial charge in [0.05, 0.1) is 4.75 Å². The van der Waals surface area contributed by atoms with Crippen LogP contribution in [-0.4, -0.2) is 14.9 Å². The Morgan fingerprint density at radius 2 is 2.10 bits per heavy atom. The molecule has 1 aliphatic rings. The summed E-state index contributed by atoms with van der Waals surface area (Å²) in [5.74, 6) is -0.216. The van der Waals surface area contributed by atoms with Crippen molar-refractivity contribution in [1.29, 1.82) is 0 Å². The lowest BCUT2D eigenvalue weighted by Crippen LogP contribution is -2.30. The first-order valence-corrected chi connectivity index (χ1v) is 4.39. The summed E-state index contributed by atoms with van der Waals surface area (Å²) in [7, 11) is -1.16. The van der Waals surface area contributed by atoms with Gasteiger partial charge in [0.1, 0.15) is 11.0 Å². The molecule has 3 nitrogen and oxygen atoms in total. The molecule has 0 bridgehead atoms. The second-order valence-corrected chi connectivity index (χ2v) is 4.60. The largest absolute Gasteiger partial charge is 0.275 e. The standard InChI is InChI=1S/C6H11NO2S/c1-5(8)7-10(9)6(2)3-4-6/h3-4H2,1-2H3,(H,7,8). The average Bonchev–Trinajstić information content (AvgIpc) is 2.47. The van der Waals surface area contributed by atoms with Gasteiger partial charge in [-0.25, -0.2) is 4.21 Å². The molecule has 0 spiro atoms. The molecule has 0 aliphatic heterocycles. The molecule has 0 aromatic rings. The van der Waals surface area contributed by atoms with E-state index in [2.05, 4.69) is 4.72 Å². The van der Waals surface area contributed by atoms with Crippen LogP contribution in [0.5, 0.6) is 0 Å². The van der Waals surface area contributed by atoms with Crippen molar-refractivity contribution in [2.24, 2.45) is 0 Å². The van der Waals surface area contributed by atoms with Crippen LogP contribution in [0.4, 0.5) is 0 Å². The van der Waals surface area contributed by atoms with Crippen LogP contribution in [0.3, 0.4) is 0 Å². The summed E-state index contributed by atoms with van der Waals surface area (Å²) >= 11 is 0. The predicted molar refractivity (Wildman–Crippen MR) is 39.6 cm³/mol. The first-order chi connectivity index (χ1) is 4.54. The van der Waals surface area contributed by atoms with Crippen LogP contribution < -0.4 is 4.72 Å². The van der Waals surface area contributed by atoms with Gasteiger partial charge in [-0.3, -0.25) is 9.52 Å². The topological polar surface area (TPSA) is 46.2 Å². The summed E-state index contributed by atoms with van der Waals surface area (Å²) in [4.78, 5) is 10.4. The van der Waals surface area contributed by atoms with Crippen molar-refractivity contribution < 1.29 is 9.00 Å². The molecule has 0 aromatic heterocycles. The molecule has 0 radical (unpaired) electrons. The van der Waals surface area contributed by atoms with Crippen LogP contribution in [0, 0.1) is 0 Å². The maximum Gasteiger partial charge on any atom is 0.228 e. The highest BCUT2D eigenvalue weighted by atomic mass is 32.2. The zero-order chi connectivity index (χ0) is 7.78. The fraction of sp³-hybridized carbons (Fsp3) is 0.833. The van der Waals surface area contributed by atoms with Gasteiger partial charge in [0.15, 0.2) is 0 Å². The molecule has 1 amide bonds. The Bertz CT molecular complexity index is 186. The average molecular weight is 161 g/mol. The Morgan fingerprint density at radius 1 is 1.60 bits per heavy atom. The van der Waals surface area contributed by atoms with Crippen molar-refractivity contribution in [2.75, 3.05) is 0 Å². The minimum absolute atomic E-state index is 0.119. The van der Waals surface area contributed by atoms with Gasteiger partial charge in [-0.05, 0) is 19.8 Å². The Kier molecular flexibility index (Phi) is 1.81. The van der Waals surface area contributed by atoms with Crippen LogP contribution in [0.2, 0.25) is 0 Å². The maximum atomic E-state index is 11.1. The zero-order valence-corrected chi connectivity index (χ0v) is 6.96. The van der Waals surface area contributed by atoms with Crippen LogP contribution >= 0.6 is 0 Å². The van der Waals surface area contributed by atoms with Crippen molar-refractivity contribution in [2.45, 2.75) is 31.4 Å². The molecule has 1 atom stereocenters. The van der Waals surface area contributed by atoms with E-state index in [1.165, 1.54) is 6.92 Å². The van der Waals surface area contributed by atoms with Crippen LogP contribution in [0.1, 0.15) is 26.7 Å². The maximum absolute atomic E-state index is 11.1. The summed E-state index contributed by atoms with van der Waals surface area (Å²) < 4.78 is 13.4. The molecular formula is C6H11NO2S.